The molecule has 0 spiro atoms. The quantitative estimate of drug-likeness (QED) is 0.549. The second-order valence-corrected chi connectivity index (χ2v) is 3.01. The Balaban J connectivity index is 2.30. The number of nitrogens with one attached hydrogen (secondary N) is 2. The van der Waals surface area contributed by atoms with Gasteiger partial charge in [-0.05, 0) is 49.9 Å². The molecule has 0 saturated heterocycles. The van der Waals surface area contributed by atoms with Gasteiger partial charge in [-0.25, -0.2) is 0 Å². The van der Waals surface area contributed by atoms with Crippen molar-refractivity contribution in [3.63, 3.8) is 0 Å². The first-order chi connectivity index (χ1) is 4.86. The Hall–Kier alpha value is -0.660. The lowest BCUT2D eigenvalue weighted by Gasteiger charge is -2.22. The van der Waals surface area contributed by atoms with Gasteiger partial charge in [-0.2, -0.15) is 0 Å². The molecule has 0 radical (unpaired) electrons. The van der Waals surface area contributed by atoms with E-state index in [9.17, 15) is 0 Å². The van der Waals surface area contributed by atoms with E-state index in [1.54, 1.807) is 12.4 Å². The Bertz CT molecular complexity index is 107. The average molecular weight is 138 g/mol. The van der Waals surface area contributed by atoms with Gasteiger partial charge in [0.15, 0.2) is 0 Å². The predicted octanol–water partition coefficient (Wildman–Crippen LogP) is 2.09. The highest BCUT2D eigenvalue weighted by Gasteiger charge is 2.17. The van der Waals surface area contributed by atoms with Crippen LogP contribution in [-0.4, -0.2) is 12.4 Å². The molecule has 0 atom stereocenters. The standard InChI is InChI=1S/C8H14N2/c9-5-7-1-2-8(6-10)4-3-7/h5-10H,1-4H2. The van der Waals surface area contributed by atoms with Gasteiger partial charge in [0.2, 0.25) is 0 Å². The van der Waals surface area contributed by atoms with E-state index in [0.29, 0.717) is 11.8 Å². The van der Waals surface area contributed by atoms with Crippen molar-refractivity contribution < 1.29 is 0 Å². The largest absolute Gasteiger partial charge is 0.313 e. The third-order valence-corrected chi connectivity index (χ3v) is 2.29. The van der Waals surface area contributed by atoms with Gasteiger partial charge in [0, 0.05) is 0 Å². The van der Waals surface area contributed by atoms with Crippen LogP contribution in [0.1, 0.15) is 25.7 Å². The number of hydrogen-bond donors (Lipinski definition) is 2. The molecule has 2 N–H and O–H groups in total. The molecular formula is C8H14N2. The smallest absolute Gasteiger partial charge is 0.00167 e. The second-order valence-electron chi connectivity index (χ2n) is 3.01. The van der Waals surface area contributed by atoms with Crippen molar-refractivity contribution in [3.8, 4) is 0 Å². The van der Waals surface area contributed by atoms with Crippen LogP contribution in [0.25, 0.3) is 0 Å². The van der Waals surface area contributed by atoms with Crippen molar-refractivity contribution in [2.45, 2.75) is 25.7 Å². The van der Waals surface area contributed by atoms with Gasteiger partial charge in [-0.1, -0.05) is 0 Å². The van der Waals surface area contributed by atoms with Crippen LogP contribution in [0, 0.1) is 22.7 Å². The fraction of sp³-hybridized carbons (Fsp3) is 0.750. The summed E-state index contributed by atoms with van der Waals surface area (Å²) >= 11 is 0. The molecule has 0 aliphatic heterocycles. The Morgan fingerprint density at radius 1 is 0.800 bits per heavy atom. The molecule has 56 valence electrons. The molecule has 1 fully saturated rings. The molecule has 1 aliphatic carbocycles. The van der Waals surface area contributed by atoms with Crippen LogP contribution >= 0.6 is 0 Å². The molecule has 0 aromatic rings. The highest BCUT2D eigenvalue weighted by molar-refractivity contribution is 5.60. The first kappa shape index (κ1) is 7.45. The van der Waals surface area contributed by atoms with Crippen molar-refractivity contribution in [2.24, 2.45) is 11.8 Å². The average Bonchev–Trinajstić information content (AvgIpc) is 2.05. The maximum Gasteiger partial charge on any atom is -0.00167 e. The predicted molar refractivity (Wildman–Crippen MR) is 43.0 cm³/mol. The summed E-state index contributed by atoms with van der Waals surface area (Å²) in [5, 5.41) is 14.1. The molecule has 0 aromatic carbocycles. The Morgan fingerprint density at radius 2 is 1.10 bits per heavy atom. The van der Waals surface area contributed by atoms with Crippen molar-refractivity contribution in [1.82, 2.24) is 0 Å². The summed E-state index contributed by atoms with van der Waals surface area (Å²) in [6.45, 7) is 0. The van der Waals surface area contributed by atoms with E-state index in [0.717, 1.165) is 25.7 Å². The zero-order valence-corrected chi connectivity index (χ0v) is 6.14. The molecule has 10 heavy (non-hydrogen) atoms. The molecule has 2 nitrogen and oxygen atoms in total. The Labute approximate surface area is 61.7 Å². The van der Waals surface area contributed by atoms with Gasteiger partial charge in [-0.3, -0.25) is 0 Å². The van der Waals surface area contributed by atoms with E-state index in [1.165, 1.54) is 0 Å². The maximum atomic E-state index is 7.04. The monoisotopic (exact) mass is 138 g/mol. The van der Waals surface area contributed by atoms with Crippen LogP contribution in [0.2, 0.25) is 0 Å². The zero-order valence-electron chi connectivity index (χ0n) is 6.14. The summed E-state index contributed by atoms with van der Waals surface area (Å²) in [4.78, 5) is 0. The van der Waals surface area contributed by atoms with Crippen LogP contribution < -0.4 is 0 Å². The highest BCUT2D eigenvalue weighted by Crippen LogP contribution is 2.25. The summed E-state index contributed by atoms with van der Waals surface area (Å²) in [5.41, 5.74) is 0. The van der Waals surface area contributed by atoms with Crippen molar-refractivity contribution in [2.75, 3.05) is 0 Å². The zero-order chi connectivity index (χ0) is 7.40. The molecule has 1 rings (SSSR count). The van der Waals surface area contributed by atoms with Crippen molar-refractivity contribution in [1.29, 1.82) is 10.8 Å². The minimum absolute atomic E-state index is 0.510. The van der Waals surface area contributed by atoms with Crippen molar-refractivity contribution in [3.05, 3.63) is 0 Å². The molecule has 1 aliphatic rings. The summed E-state index contributed by atoms with van der Waals surface area (Å²) in [5.74, 6) is 1.02. The lowest BCUT2D eigenvalue weighted by atomic mass is 9.83. The summed E-state index contributed by atoms with van der Waals surface area (Å²) in [6.07, 6.45) is 7.57. The van der Waals surface area contributed by atoms with Gasteiger partial charge >= 0.3 is 0 Å². The summed E-state index contributed by atoms with van der Waals surface area (Å²) in [7, 11) is 0. The van der Waals surface area contributed by atoms with E-state index in [4.69, 9.17) is 10.8 Å². The third kappa shape index (κ3) is 1.66. The molecule has 0 amide bonds. The van der Waals surface area contributed by atoms with Gasteiger partial charge in [-0.15, -0.1) is 0 Å². The SMILES string of the molecule is N=CC1CCC(C=N)CC1. The van der Waals surface area contributed by atoms with Gasteiger partial charge < -0.3 is 10.8 Å². The fourth-order valence-electron chi connectivity index (χ4n) is 1.48. The lowest BCUT2D eigenvalue weighted by Crippen LogP contribution is -2.15. The lowest BCUT2D eigenvalue weighted by molar-refractivity contribution is 0.395. The maximum absolute atomic E-state index is 7.04. The van der Waals surface area contributed by atoms with Gasteiger partial charge in [0.05, 0.1) is 0 Å². The molecule has 0 unspecified atom stereocenters. The van der Waals surface area contributed by atoms with Crippen molar-refractivity contribution >= 4 is 12.4 Å². The Kier molecular flexibility index (Phi) is 2.60. The second kappa shape index (κ2) is 3.49. The minimum Gasteiger partial charge on any atom is -0.313 e. The fourth-order valence-corrected chi connectivity index (χ4v) is 1.48. The number of hydrogen-bond acceptors (Lipinski definition) is 2. The van der Waals surface area contributed by atoms with E-state index in [-0.39, 0.29) is 0 Å². The topological polar surface area (TPSA) is 47.7 Å². The van der Waals surface area contributed by atoms with E-state index >= 15 is 0 Å². The van der Waals surface area contributed by atoms with Crippen LogP contribution in [0.3, 0.4) is 0 Å². The normalized spacial score (nSPS) is 33.2. The van der Waals surface area contributed by atoms with E-state index in [1.807, 2.05) is 0 Å². The van der Waals surface area contributed by atoms with E-state index in [2.05, 4.69) is 0 Å². The molecular weight excluding hydrogens is 124 g/mol. The van der Waals surface area contributed by atoms with Gasteiger partial charge in [0.25, 0.3) is 0 Å². The molecule has 0 bridgehead atoms. The molecule has 0 heterocycles. The van der Waals surface area contributed by atoms with Gasteiger partial charge in [0.1, 0.15) is 0 Å². The highest BCUT2D eigenvalue weighted by atomic mass is 14.4. The Morgan fingerprint density at radius 3 is 1.30 bits per heavy atom. The molecule has 2 heteroatoms. The van der Waals surface area contributed by atoms with Crippen LogP contribution in [0.4, 0.5) is 0 Å². The minimum atomic E-state index is 0.510. The van der Waals surface area contributed by atoms with Crippen LogP contribution in [-0.2, 0) is 0 Å². The summed E-state index contributed by atoms with van der Waals surface area (Å²) < 4.78 is 0. The van der Waals surface area contributed by atoms with Crippen LogP contribution in [0.15, 0.2) is 0 Å². The first-order valence-electron chi connectivity index (χ1n) is 3.88. The third-order valence-electron chi connectivity index (χ3n) is 2.29. The summed E-state index contributed by atoms with van der Waals surface area (Å²) in [6, 6.07) is 0. The molecule has 1 saturated carbocycles. The van der Waals surface area contributed by atoms with E-state index < -0.39 is 0 Å². The molecule has 0 aromatic heterocycles. The van der Waals surface area contributed by atoms with Crippen LogP contribution in [0.5, 0.6) is 0 Å². The number of rotatable bonds is 2. The first-order valence-corrected chi connectivity index (χ1v) is 3.88.